The number of carbonyl (C=O) groups excluding carboxylic acids is 1. The number of ketones is 1. The summed E-state index contributed by atoms with van der Waals surface area (Å²) >= 11 is 2.85. The van der Waals surface area contributed by atoms with Gasteiger partial charge in [0.1, 0.15) is 11.6 Å². The van der Waals surface area contributed by atoms with Crippen molar-refractivity contribution in [1.29, 1.82) is 0 Å². The lowest BCUT2D eigenvalue weighted by atomic mass is 10.2. The van der Waals surface area contributed by atoms with Crippen LogP contribution in [-0.4, -0.2) is 20.4 Å². The largest absolute Gasteiger partial charge is 0.298 e. The Kier molecular flexibility index (Phi) is 3.87. The van der Waals surface area contributed by atoms with Crippen LogP contribution in [0.5, 0.6) is 0 Å². The van der Waals surface area contributed by atoms with Gasteiger partial charge in [-0.2, -0.15) is 4.37 Å². The Bertz CT molecular complexity index is 298. The molecule has 0 saturated carbocycles. The predicted molar refractivity (Wildman–Crippen MR) is 55.3 cm³/mol. The minimum Gasteiger partial charge on any atom is -0.298 e. The molecule has 0 bridgehead atoms. The Morgan fingerprint density at radius 3 is 2.85 bits per heavy atom. The number of hydrogen-bond donors (Lipinski definition) is 0. The number of carbonyl (C=O) groups is 1. The van der Waals surface area contributed by atoms with Crippen molar-refractivity contribution in [2.75, 3.05) is 0 Å². The normalized spacial score (nSPS) is 12.8. The van der Waals surface area contributed by atoms with Crippen molar-refractivity contribution in [3.63, 3.8) is 0 Å². The van der Waals surface area contributed by atoms with E-state index in [0.717, 1.165) is 10.2 Å². The molecule has 0 saturated heterocycles. The zero-order chi connectivity index (χ0) is 9.84. The molecular weight excluding hydrogens is 204 g/mol. The molecule has 3 nitrogen and oxygen atoms in total. The highest BCUT2D eigenvalue weighted by Gasteiger charge is 2.14. The summed E-state index contributed by atoms with van der Waals surface area (Å²) in [6, 6.07) is 0. The summed E-state index contributed by atoms with van der Waals surface area (Å²) in [7, 11) is 0. The first-order valence-electron chi connectivity index (χ1n) is 4.13. The first-order chi connectivity index (χ1) is 6.13. The van der Waals surface area contributed by atoms with Gasteiger partial charge in [0.05, 0.1) is 5.25 Å². The highest BCUT2D eigenvalue weighted by molar-refractivity contribution is 8.02. The van der Waals surface area contributed by atoms with Crippen LogP contribution < -0.4 is 0 Å². The Labute approximate surface area is 86.1 Å². The van der Waals surface area contributed by atoms with E-state index in [-0.39, 0.29) is 11.0 Å². The van der Waals surface area contributed by atoms with Crippen molar-refractivity contribution >= 4 is 29.1 Å². The zero-order valence-corrected chi connectivity index (χ0v) is 9.54. The Morgan fingerprint density at radius 1 is 1.69 bits per heavy atom. The molecule has 0 radical (unpaired) electrons. The smallest absolute Gasteiger partial charge is 0.170 e. The molecule has 0 spiro atoms. The molecule has 0 N–H and O–H groups in total. The average Bonchev–Trinajstić information content (AvgIpc) is 2.49. The molecular formula is C8H12N2OS2. The predicted octanol–water partition coefficient (Wildman–Crippen LogP) is 2.31. The fraction of sp³-hybridized carbons (Fsp3) is 0.625. The molecule has 0 aliphatic heterocycles. The van der Waals surface area contributed by atoms with Gasteiger partial charge in [-0.15, -0.1) is 0 Å². The molecule has 0 aliphatic rings. The van der Waals surface area contributed by atoms with Crippen molar-refractivity contribution in [3.05, 3.63) is 5.82 Å². The molecule has 1 atom stereocenters. The molecule has 1 rings (SSSR count). The van der Waals surface area contributed by atoms with Crippen molar-refractivity contribution in [3.8, 4) is 0 Å². The minimum absolute atomic E-state index is 0.00245. The van der Waals surface area contributed by atoms with Crippen LogP contribution in [0, 0.1) is 6.92 Å². The summed E-state index contributed by atoms with van der Waals surface area (Å²) in [6.07, 6.45) is 0.589. The van der Waals surface area contributed by atoms with Gasteiger partial charge >= 0.3 is 0 Å². The number of rotatable bonds is 4. The molecule has 0 fully saturated rings. The third-order valence-electron chi connectivity index (χ3n) is 1.59. The quantitative estimate of drug-likeness (QED) is 0.724. The van der Waals surface area contributed by atoms with Gasteiger partial charge in [0, 0.05) is 6.42 Å². The van der Waals surface area contributed by atoms with Crippen LogP contribution in [0.2, 0.25) is 0 Å². The van der Waals surface area contributed by atoms with E-state index in [0.29, 0.717) is 6.42 Å². The molecule has 5 heteroatoms. The van der Waals surface area contributed by atoms with E-state index in [1.165, 1.54) is 23.3 Å². The Hall–Kier alpha value is -0.420. The van der Waals surface area contributed by atoms with Crippen LogP contribution in [0.1, 0.15) is 26.1 Å². The average molecular weight is 216 g/mol. The fourth-order valence-electron chi connectivity index (χ4n) is 0.830. The zero-order valence-electron chi connectivity index (χ0n) is 7.90. The summed E-state index contributed by atoms with van der Waals surface area (Å²) in [4.78, 5) is 15.4. The maximum Gasteiger partial charge on any atom is 0.170 e. The molecule has 1 unspecified atom stereocenters. The third-order valence-corrected chi connectivity index (χ3v) is 3.61. The van der Waals surface area contributed by atoms with Crippen molar-refractivity contribution in [2.24, 2.45) is 0 Å². The van der Waals surface area contributed by atoms with Gasteiger partial charge in [-0.3, -0.25) is 4.79 Å². The molecule has 1 aromatic rings. The van der Waals surface area contributed by atoms with Crippen LogP contribution >= 0.6 is 23.3 Å². The van der Waals surface area contributed by atoms with E-state index in [4.69, 9.17) is 0 Å². The van der Waals surface area contributed by atoms with Gasteiger partial charge in [0.15, 0.2) is 4.34 Å². The third kappa shape index (κ3) is 3.08. The van der Waals surface area contributed by atoms with Crippen LogP contribution in [0.15, 0.2) is 4.34 Å². The molecule has 0 amide bonds. The summed E-state index contributed by atoms with van der Waals surface area (Å²) in [5.74, 6) is 1.04. The van der Waals surface area contributed by atoms with Crippen molar-refractivity contribution < 1.29 is 4.79 Å². The van der Waals surface area contributed by atoms with Gasteiger partial charge in [-0.1, -0.05) is 18.7 Å². The maximum atomic E-state index is 11.3. The highest BCUT2D eigenvalue weighted by atomic mass is 32.2. The SMILES string of the molecule is CCC(=O)C(C)Sc1nc(C)ns1. The van der Waals surface area contributed by atoms with Crippen molar-refractivity contribution in [1.82, 2.24) is 9.36 Å². The number of aryl methyl sites for hydroxylation is 1. The van der Waals surface area contributed by atoms with Crippen LogP contribution in [-0.2, 0) is 4.79 Å². The van der Waals surface area contributed by atoms with E-state index < -0.39 is 0 Å². The number of nitrogens with zero attached hydrogens (tertiary/aromatic N) is 2. The molecule has 1 aromatic heterocycles. The molecule has 0 aromatic carbocycles. The number of aromatic nitrogens is 2. The highest BCUT2D eigenvalue weighted by Crippen LogP contribution is 2.25. The Morgan fingerprint density at radius 2 is 2.38 bits per heavy atom. The second-order valence-electron chi connectivity index (χ2n) is 2.69. The molecule has 1 heterocycles. The first kappa shape index (κ1) is 10.7. The van der Waals surface area contributed by atoms with Crippen LogP contribution in [0.3, 0.4) is 0 Å². The van der Waals surface area contributed by atoms with Gasteiger partial charge in [-0.25, -0.2) is 4.98 Å². The van der Waals surface area contributed by atoms with Gasteiger partial charge in [0.25, 0.3) is 0 Å². The van der Waals surface area contributed by atoms with Crippen LogP contribution in [0.4, 0.5) is 0 Å². The standard InChI is InChI=1S/C8H12N2OS2/c1-4-7(11)5(2)12-8-9-6(3)10-13-8/h5H,4H2,1-3H3. The topological polar surface area (TPSA) is 42.9 Å². The first-order valence-corrected chi connectivity index (χ1v) is 5.78. The number of thioether (sulfide) groups is 1. The summed E-state index contributed by atoms with van der Waals surface area (Å²) in [5.41, 5.74) is 0. The van der Waals surface area contributed by atoms with Crippen LogP contribution in [0.25, 0.3) is 0 Å². The summed E-state index contributed by atoms with van der Waals surface area (Å²) in [5, 5.41) is -0.00245. The Balaban J connectivity index is 2.54. The van der Waals surface area contributed by atoms with E-state index in [2.05, 4.69) is 9.36 Å². The number of hydrogen-bond acceptors (Lipinski definition) is 5. The summed E-state index contributed by atoms with van der Waals surface area (Å²) in [6.45, 7) is 5.64. The minimum atomic E-state index is -0.00245. The van der Waals surface area contributed by atoms with Crippen molar-refractivity contribution in [2.45, 2.75) is 36.8 Å². The summed E-state index contributed by atoms with van der Waals surface area (Å²) < 4.78 is 4.93. The lowest BCUT2D eigenvalue weighted by molar-refractivity contribution is -0.117. The monoisotopic (exact) mass is 216 g/mol. The second-order valence-corrected chi connectivity index (χ2v) is 5.03. The van der Waals surface area contributed by atoms with E-state index >= 15 is 0 Å². The van der Waals surface area contributed by atoms with E-state index in [1.54, 1.807) is 0 Å². The second kappa shape index (κ2) is 4.72. The van der Waals surface area contributed by atoms with Gasteiger partial charge in [0.2, 0.25) is 0 Å². The molecule has 72 valence electrons. The van der Waals surface area contributed by atoms with E-state index in [9.17, 15) is 4.79 Å². The number of Topliss-reactive ketones (excluding diaryl/α,β-unsaturated/α-hetero) is 1. The van der Waals surface area contributed by atoms with Gasteiger partial charge < -0.3 is 0 Å². The molecule has 0 aliphatic carbocycles. The fourth-order valence-corrected chi connectivity index (χ4v) is 2.76. The maximum absolute atomic E-state index is 11.3. The lowest BCUT2D eigenvalue weighted by Gasteiger charge is -2.04. The molecule has 13 heavy (non-hydrogen) atoms. The lowest BCUT2D eigenvalue weighted by Crippen LogP contribution is -2.10. The van der Waals surface area contributed by atoms with E-state index in [1.807, 2.05) is 20.8 Å². The van der Waals surface area contributed by atoms with Gasteiger partial charge in [-0.05, 0) is 25.4 Å².